The Morgan fingerprint density at radius 1 is 1.16 bits per heavy atom. The second kappa shape index (κ2) is 9.23. The molecule has 0 unspecified atom stereocenters. The highest BCUT2D eigenvalue weighted by atomic mass is 16.5. The van der Waals surface area contributed by atoms with Crippen LogP contribution in [-0.4, -0.2) is 56.4 Å². The second-order valence-corrected chi connectivity index (χ2v) is 3.82. The van der Waals surface area contributed by atoms with Gasteiger partial charge in [0, 0.05) is 46.3 Å². The molecule has 0 atom stereocenters. The summed E-state index contributed by atoms with van der Waals surface area (Å²) in [5, 5.41) is 5.74. The van der Waals surface area contributed by atoms with Crippen LogP contribution in [0.5, 0.6) is 0 Å². The number of rotatable bonds is 9. The number of amides is 1. The maximum absolute atomic E-state index is 11.7. The van der Waals surface area contributed by atoms with E-state index in [1.165, 1.54) is 12.4 Å². The molecular weight excluding hydrogens is 248 g/mol. The first-order valence-corrected chi connectivity index (χ1v) is 6.10. The molecule has 7 nitrogen and oxygen atoms in total. The van der Waals surface area contributed by atoms with Gasteiger partial charge in [0.2, 0.25) is 5.95 Å². The first-order valence-electron chi connectivity index (χ1n) is 6.10. The van der Waals surface area contributed by atoms with Crippen molar-refractivity contribution in [3.8, 4) is 0 Å². The third-order valence-corrected chi connectivity index (χ3v) is 2.31. The predicted octanol–water partition coefficient (Wildman–Crippen LogP) is 0.301. The standard InChI is InChI=1S/C12H20N4O3/c1-18-6-3-4-13-11(17)10-8-15-12(16-9-10)14-5-7-19-2/h8-9H,3-7H2,1-2H3,(H,13,17)(H,14,15,16). The zero-order valence-electron chi connectivity index (χ0n) is 11.3. The molecule has 1 amide bonds. The predicted molar refractivity (Wildman–Crippen MR) is 71.2 cm³/mol. The smallest absolute Gasteiger partial charge is 0.254 e. The van der Waals surface area contributed by atoms with Crippen LogP contribution >= 0.6 is 0 Å². The number of hydrogen-bond donors (Lipinski definition) is 2. The van der Waals surface area contributed by atoms with E-state index >= 15 is 0 Å². The number of methoxy groups -OCH3 is 2. The van der Waals surface area contributed by atoms with Gasteiger partial charge in [-0.05, 0) is 6.42 Å². The maximum atomic E-state index is 11.7. The Balaban J connectivity index is 2.35. The fourth-order valence-electron chi connectivity index (χ4n) is 1.32. The minimum absolute atomic E-state index is 0.181. The minimum atomic E-state index is -0.181. The number of ether oxygens (including phenoxy) is 2. The van der Waals surface area contributed by atoms with Crippen molar-refractivity contribution in [2.45, 2.75) is 6.42 Å². The number of nitrogens with one attached hydrogen (secondary N) is 2. The molecule has 1 aromatic heterocycles. The number of hydrogen-bond acceptors (Lipinski definition) is 6. The van der Waals surface area contributed by atoms with E-state index in [2.05, 4.69) is 20.6 Å². The quantitative estimate of drug-likeness (QED) is 0.627. The van der Waals surface area contributed by atoms with Crippen molar-refractivity contribution in [1.82, 2.24) is 15.3 Å². The van der Waals surface area contributed by atoms with Crippen molar-refractivity contribution < 1.29 is 14.3 Å². The number of anilines is 1. The van der Waals surface area contributed by atoms with Gasteiger partial charge >= 0.3 is 0 Å². The summed E-state index contributed by atoms with van der Waals surface area (Å²) in [4.78, 5) is 19.8. The van der Waals surface area contributed by atoms with Crippen LogP contribution in [0.4, 0.5) is 5.95 Å². The first kappa shape index (κ1) is 15.3. The maximum Gasteiger partial charge on any atom is 0.254 e. The lowest BCUT2D eigenvalue weighted by molar-refractivity contribution is 0.0948. The van der Waals surface area contributed by atoms with E-state index in [1.807, 2.05) is 0 Å². The normalized spacial score (nSPS) is 10.2. The van der Waals surface area contributed by atoms with Crippen LogP contribution in [0.2, 0.25) is 0 Å². The highest BCUT2D eigenvalue weighted by molar-refractivity contribution is 5.93. The molecule has 0 aliphatic carbocycles. The number of carbonyl (C=O) groups is 1. The lowest BCUT2D eigenvalue weighted by Crippen LogP contribution is -2.25. The lowest BCUT2D eigenvalue weighted by atomic mass is 10.3. The van der Waals surface area contributed by atoms with Gasteiger partial charge in [-0.1, -0.05) is 0 Å². The Kier molecular flexibility index (Phi) is 7.45. The van der Waals surface area contributed by atoms with E-state index in [-0.39, 0.29) is 5.91 Å². The van der Waals surface area contributed by atoms with Crippen molar-refractivity contribution in [3.63, 3.8) is 0 Å². The Bertz CT molecular complexity index is 370. The first-order chi connectivity index (χ1) is 9.27. The summed E-state index contributed by atoms with van der Waals surface area (Å²) in [6, 6.07) is 0. The van der Waals surface area contributed by atoms with Crippen molar-refractivity contribution in [2.75, 3.05) is 45.8 Å². The van der Waals surface area contributed by atoms with Crippen molar-refractivity contribution in [2.24, 2.45) is 0 Å². The molecule has 1 aromatic rings. The number of nitrogens with zero attached hydrogens (tertiary/aromatic N) is 2. The van der Waals surface area contributed by atoms with Gasteiger partial charge in [0.1, 0.15) is 0 Å². The summed E-state index contributed by atoms with van der Waals surface area (Å²) in [7, 11) is 3.25. The summed E-state index contributed by atoms with van der Waals surface area (Å²) >= 11 is 0. The summed E-state index contributed by atoms with van der Waals surface area (Å²) in [6.07, 6.45) is 3.77. The fraction of sp³-hybridized carbons (Fsp3) is 0.583. The average molecular weight is 268 g/mol. The molecular formula is C12H20N4O3. The zero-order chi connectivity index (χ0) is 13.9. The van der Waals surface area contributed by atoms with Crippen LogP contribution in [0.15, 0.2) is 12.4 Å². The van der Waals surface area contributed by atoms with Gasteiger partial charge in [-0.15, -0.1) is 0 Å². The van der Waals surface area contributed by atoms with E-state index in [0.29, 0.717) is 37.8 Å². The van der Waals surface area contributed by atoms with Crippen LogP contribution in [-0.2, 0) is 9.47 Å². The molecule has 0 radical (unpaired) electrons. The van der Waals surface area contributed by atoms with Gasteiger partial charge in [0.25, 0.3) is 5.91 Å². The molecule has 1 heterocycles. The van der Waals surface area contributed by atoms with Crippen LogP contribution in [0, 0.1) is 0 Å². The van der Waals surface area contributed by atoms with Crippen LogP contribution in [0.1, 0.15) is 16.8 Å². The number of aromatic nitrogens is 2. The summed E-state index contributed by atoms with van der Waals surface area (Å²) in [5.74, 6) is 0.299. The van der Waals surface area contributed by atoms with Crippen LogP contribution in [0.25, 0.3) is 0 Å². The second-order valence-electron chi connectivity index (χ2n) is 3.82. The van der Waals surface area contributed by atoms with Gasteiger partial charge < -0.3 is 20.1 Å². The van der Waals surface area contributed by atoms with E-state index in [4.69, 9.17) is 9.47 Å². The lowest BCUT2D eigenvalue weighted by Gasteiger charge is -2.06. The van der Waals surface area contributed by atoms with Gasteiger partial charge in [0.05, 0.1) is 12.2 Å². The topological polar surface area (TPSA) is 85.4 Å². The van der Waals surface area contributed by atoms with Crippen molar-refractivity contribution in [1.29, 1.82) is 0 Å². The van der Waals surface area contributed by atoms with Crippen molar-refractivity contribution >= 4 is 11.9 Å². The molecule has 1 rings (SSSR count). The molecule has 106 valence electrons. The molecule has 0 aliphatic rings. The Morgan fingerprint density at radius 3 is 2.47 bits per heavy atom. The molecule has 2 N–H and O–H groups in total. The van der Waals surface area contributed by atoms with Gasteiger partial charge in [-0.3, -0.25) is 4.79 Å². The molecule has 0 fully saturated rings. The highest BCUT2D eigenvalue weighted by Gasteiger charge is 2.06. The molecule has 0 saturated carbocycles. The Hall–Kier alpha value is -1.73. The minimum Gasteiger partial charge on any atom is -0.385 e. The van der Waals surface area contributed by atoms with Gasteiger partial charge in [0.15, 0.2) is 0 Å². The molecule has 0 aromatic carbocycles. The summed E-state index contributed by atoms with van der Waals surface area (Å²) in [6.45, 7) is 2.39. The molecule has 0 saturated heterocycles. The molecule has 0 spiro atoms. The van der Waals surface area contributed by atoms with E-state index in [9.17, 15) is 4.79 Å². The molecule has 7 heteroatoms. The molecule has 19 heavy (non-hydrogen) atoms. The van der Waals surface area contributed by atoms with Crippen molar-refractivity contribution in [3.05, 3.63) is 18.0 Å². The fourth-order valence-corrected chi connectivity index (χ4v) is 1.32. The molecule has 0 aliphatic heterocycles. The van der Waals surface area contributed by atoms with Gasteiger partial charge in [-0.25, -0.2) is 9.97 Å². The average Bonchev–Trinajstić information content (AvgIpc) is 2.44. The van der Waals surface area contributed by atoms with Gasteiger partial charge in [-0.2, -0.15) is 0 Å². The van der Waals surface area contributed by atoms with Crippen LogP contribution < -0.4 is 10.6 Å². The SMILES string of the molecule is COCCCNC(=O)c1cnc(NCCOC)nc1. The Morgan fingerprint density at radius 2 is 1.84 bits per heavy atom. The van der Waals surface area contributed by atoms with Crippen LogP contribution in [0.3, 0.4) is 0 Å². The van der Waals surface area contributed by atoms with E-state index < -0.39 is 0 Å². The summed E-state index contributed by atoms with van der Waals surface area (Å²) < 4.78 is 9.79. The third kappa shape index (κ3) is 6.12. The third-order valence-electron chi connectivity index (χ3n) is 2.31. The summed E-state index contributed by atoms with van der Waals surface area (Å²) in [5.41, 5.74) is 0.440. The van der Waals surface area contributed by atoms with E-state index in [0.717, 1.165) is 6.42 Å². The van der Waals surface area contributed by atoms with E-state index in [1.54, 1.807) is 14.2 Å². The zero-order valence-corrected chi connectivity index (χ0v) is 11.3. The number of carbonyl (C=O) groups excluding carboxylic acids is 1. The highest BCUT2D eigenvalue weighted by Crippen LogP contribution is 2.00. The monoisotopic (exact) mass is 268 g/mol. The molecule has 0 bridgehead atoms. The largest absolute Gasteiger partial charge is 0.385 e. The Labute approximate surface area is 112 Å².